The zero-order valence-corrected chi connectivity index (χ0v) is 13.7. The van der Waals surface area contributed by atoms with E-state index in [0.29, 0.717) is 12.1 Å². The maximum atomic E-state index is 5.49. The van der Waals surface area contributed by atoms with Gasteiger partial charge in [0.05, 0.1) is 6.61 Å². The average Bonchev–Trinajstić information content (AvgIpc) is 2.49. The van der Waals surface area contributed by atoms with Gasteiger partial charge in [-0.2, -0.15) is 11.8 Å². The predicted molar refractivity (Wildman–Crippen MR) is 88.7 cm³/mol. The lowest BCUT2D eigenvalue weighted by molar-refractivity contribution is 0.339. The summed E-state index contributed by atoms with van der Waals surface area (Å²) in [5, 5.41) is 4.66. The van der Waals surface area contributed by atoms with E-state index in [0.717, 1.165) is 17.6 Å². The number of ether oxygens (including phenoxy) is 1. The molecule has 1 atom stereocenters. The lowest BCUT2D eigenvalue weighted by Crippen LogP contribution is -2.35. The van der Waals surface area contributed by atoms with Gasteiger partial charge < -0.3 is 10.1 Å². The molecule has 0 spiro atoms. The molecule has 1 aromatic rings. The normalized spacial score (nSPS) is 24.4. The molecule has 0 heterocycles. The molecule has 1 aliphatic rings. The smallest absolute Gasteiger partial charge is 0.119 e. The summed E-state index contributed by atoms with van der Waals surface area (Å²) in [5.41, 5.74) is 1.35. The van der Waals surface area contributed by atoms with E-state index in [9.17, 15) is 0 Å². The highest BCUT2D eigenvalue weighted by Gasteiger charge is 2.21. The van der Waals surface area contributed by atoms with E-state index in [1.54, 1.807) is 0 Å². The molecule has 2 rings (SSSR count). The highest BCUT2D eigenvalue weighted by Crippen LogP contribution is 2.28. The summed E-state index contributed by atoms with van der Waals surface area (Å²) in [5.74, 6) is 0.962. The largest absolute Gasteiger partial charge is 0.494 e. The summed E-state index contributed by atoms with van der Waals surface area (Å²) in [6.07, 6.45) is 7.57. The Balaban J connectivity index is 1.83. The van der Waals surface area contributed by atoms with Gasteiger partial charge in [-0.1, -0.05) is 12.1 Å². The Bertz CT molecular complexity index is 384. The fourth-order valence-electron chi connectivity index (χ4n) is 2.93. The van der Waals surface area contributed by atoms with E-state index in [1.807, 2.05) is 18.7 Å². The maximum absolute atomic E-state index is 5.49. The van der Waals surface area contributed by atoms with Crippen molar-refractivity contribution in [3.63, 3.8) is 0 Å². The van der Waals surface area contributed by atoms with E-state index < -0.39 is 0 Å². The molecule has 1 unspecified atom stereocenters. The number of rotatable bonds is 6. The molecule has 0 aliphatic heterocycles. The van der Waals surface area contributed by atoms with Crippen LogP contribution in [0.3, 0.4) is 0 Å². The SMILES string of the molecule is CCOc1ccc(C(C)NC2CCC(SC)CC2)cc1. The summed E-state index contributed by atoms with van der Waals surface area (Å²) in [7, 11) is 0. The first-order valence-corrected chi connectivity index (χ1v) is 9.03. The van der Waals surface area contributed by atoms with Gasteiger partial charge in [-0.15, -0.1) is 0 Å². The molecule has 0 saturated heterocycles. The Labute approximate surface area is 127 Å². The minimum absolute atomic E-state index is 0.418. The molecule has 1 saturated carbocycles. The molecule has 0 radical (unpaired) electrons. The van der Waals surface area contributed by atoms with Crippen molar-refractivity contribution in [1.29, 1.82) is 0 Å². The van der Waals surface area contributed by atoms with Crippen LogP contribution in [0.2, 0.25) is 0 Å². The molecule has 0 amide bonds. The highest BCUT2D eigenvalue weighted by atomic mass is 32.2. The number of nitrogens with one attached hydrogen (secondary N) is 1. The summed E-state index contributed by atoms with van der Waals surface area (Å²) in [4.78, 5) is 0. The van der Waals surface area contributed by atoms with Gasteiger partial charge in [0, 0.05) is 17.3 Å². The van der Waals surface area contributed by atoms with Crippen molar-refractivity contribution in [1.82, 2.24) is 5.32 Å². The van der Waals surface area contributed by atoms with Gasteiger partial charge in [0.2, 0.25) is 0 Å². The molecule has 1 fully saturated rings. The number of thioether (sulfide) groups is 1. The highest BCUT2D eigenvalue weighted by molar-refractivity contribution is 7.99. The van der Waals surface area contributed by atoms with Crippen molar-refractivity contribution >= 4 is 11.8 Å². The zero-order chi connectivity index (χ0) is 14.4. The molecule has 0 bridgehead atoms. The fourth-order valence-corrected chi connectivity index (χ4v) is 3.68. The molecule has 112 valence electrons. The summed E-state index contributed by atoms with van der Waals surface area (Å²) in [6, 6.07) is 9.59. The second-order valence-electron chi connectivity index (χ2n) is 5.60. The molecule has 1 aromatic carbocycles. The van der Waals surface area contributed by atoms with Crippen molar-refractivity contribution < 1.29 is 4.74 Å². The molecular weight excluding hydrogens is 266 g/mol. The Hall–Kier alpha value is -0.670. The van der Waals surface area contributed by atoms with Crippen LogP contribution in [-0.4, -0.2) is 24.2 Å². The van der Waals surface area contributed by atoms with Crippen LogP contribution < -0.4 is 10.1 Å². The molecule has 3 heteroatoms. The Morgan fingerprint density at radius 3 is 2.40 bits per heavy atom. The minimum Gasteiger partial charge on any atom is -0.494 e. The molecule has 1 N–H and O–H groups in total. The van der Waals surface area contributed by atoms with Crippen LogP contribution in [0.25, 0.3) is 0 Å². The van der Waals surface area contributed by atoms with Crippen LogP contribution in [0.1, 0.15) is 51.1 Å². The van der Waals surface area contributed by atoms with Crippen LogP contribution >= 0.6 is 11.8 Å². The van der Waals surface area contributed by atoms with Gasteiger partial charge in [-0.25, -0.2) is 0 Å². The van der Waals surface area contributed by atoms with Gasteiger partial charge in [0.15, 0.2) is 0 Å². The van der Waals surface area contributed by atoms with Crippen molar-refractivity contribution in [3.05, 3.63) is 29.8 Å². The Kier molecular flexibility index (Phi) is 6.24. The molecular formula is C17H27NOS. The van der Waals surface area contributed by atoms with Crippen LogP contribution in [0, 0.1) is 0 Å². The van der Waals surface area contributed by atoms with Crippen LogP contribution in [0.15, 0.2) is 24.3 Å². The van der Waals surface area contributed by atoms with Crippen LogP contribution in [0.5, 0.6) is 5.75 Å². The van der Waals surface area contributed by atoms with Gasteiger partial charge >= 0.3 is 0 Å². The molecule has 20 heavy (non-hydrogen) atoms. The van der Waals surface area contributed by atoms with E-state index in [1.165, 1.54) is 31.2 Å². The fraction of sp³-hybridized carbons (Fsp3) is 0.647. The maximum Gasteiger partial charge on any atom is 0.119 e. The molecule has 2 nitrogen and oxygen atoms in total. The lowest BCUT2D eigenvalue weighted by Gasteiger charge is -2.30. The van der Waals surface area contributed by atoms with E-state index >= 15 is 0 Å². The number of hydrogen-bond acceptors (Lipinski definition) is 3. The number of hydrogen-bond donors (Lipinski definition) is 1. The quantitative estimate of drug-likeness (QED) is 0.839. The summed E-state index contributed by atoms with van der Waals surface area (Å²) < 4.78 is 5.49. The average molecular weight is 293 g/mol. The second kappa shape index (κ2) is 7.94. The zero-order valence-electron chi connectivity index (χ0n) is 12.9. The third-order valence-corrected chi connectivity index (χ3v) is 5.32. The first-order chi connectivity index (χ1) is 9.72. The first kappa shape index (κ1) is 15.7. The third-order valence-electron chi connectivity index (χ3n) is 4.18. The predicted octanol–water partition coefficient (Wildman–Crippen LogP) is 4.41. The summed E-state index contributed by atoms with van der Waals surface area (Å²) >= 11 is 2.03. The van der Waals surface area contributed by atoms with Crippen molar-refractivity contribution in [2.24, 2.45) is 0 Å². The Morgan fingerprint density at radius 1 is 1.20 bits per heavy atom. The van der Waals surface area contributed by atoms with Gasteiger partial charge in [-0.05, 0) is 63.5 Å². The first-order valence-electron chi connectivity index (χ1n) is 7.74. The lowest BCUT2D eigenvalue weighted by atomic mass is 9.93. The van der Waals surface area contributed by atoms with Gasteiger partial charge in [0.1, 0.15) is 5.75 Å². The van der Waals surface area contributed by atoms with E-state index in [2.05, 4.69) is 42.8 Å². The molecule has 0 aromatic heterocycles. The third kappa shape index (κ3) is 4.42. The van der Waals surface area contributed by atoms with E-state index in [4.69, 9.17) is 4.74 Å². The van der Waals surface area contributed by atoms with Gasteiger partial charge in [0.25, 0.3) is 0 Å². The van der Waals surface area contributed by atoms with Crippen molar-refractivity contribution in [3.8, 4) is 5.75 Å². The van der Waals surface area contributed by atoms with Crippen LogP contribution in [0.4, 0.5) is 0 Å². The second-order valence-corrected chi connectivity index (χ2v) is 6.74. The topological polar surface area (TPSA) is 21.3 Å². The van der Waals surface area contributed by atoms with Crippen molar-refractivity contribution in [2.45, 2.75) is 56.9 Å². The van der Waals surface area contributed by atoms with E-state index in [-0.39, 0.29) is 0 Å². The standard InChI is InChI=1S/C17H27NOS/c1-4-19-16-9-5-14(6-10-16)13(2)18-15-7-11-17(20-3)12-8-15/h5-6,9-10,13,15,17-18H,4,7-8,11-12H2,1-3H3. The Morgan fingerprint density at radius 2 is 1.85 bits per heavy atom. The number of benzene rings is 1. The minimum atomic E-state index is 0.418. The van der Waals surface area contributed by atoms with Crippen LogP contribution in [-0.2, 0) is 0 Å². The summed E-state index contributed by atoms with van der Waals surface area (Å²) in [6.45, 7) is 5.01. The molecule has 1 aliphatic carbocycles. The van der Waals surface area contributed by atoms with Crippen molar-refractivity contribution in [2.75, 3.05) is 12.9 Å². The monoisotopic (exact) mass is 293 g/mol. The van der Waals surface area contributed by atoms with Gasteiger partial charge in [-0.3, -0.25) is 0 Å².